The van der Waals surface area contributed by atoms with Gasteiger partial charge in [-0.1, -0.05) is 89.3 Å². The normalized spacial score (nSPS) is 12.8. The second-order valence-electron chi connectivity index (χ2n) is 8.73. The molecule has 1 rings (SSSR count). The van der Waals surface area contributed by atoms with Crippen molar-refractivity contribution in [2.45, 2.75) is 109 Å². The Labute approximate surface area is 197 Å². The Bertz CT molecular complexity index is 683. The summed E-state index contributed by atoms with van der Waals surface area (Å²) in [6.07, 6.45) is 12.9. The molecule has 0 saturated heterocycles. The number of rotatable bonds is 20. The highest BCUT2D eigenvalue weighted by Crippen LogP contribution is 2.17. The summed E-state index contributed by atoms with van der Waals surface area (Å²) in [4.78, 5) is 33.9. The quantitative estimate of drug-likeness (QED) is 0.0928. The van der Waals surface area contributed by atoms with Crippen molar-refractivity contribution in [2.75, 3.05) is 6.61 Å². The minimum Gasteiger partial charge on any atom is -0.462 e. The van der Waals surface area contributed by atoms with Crippen LogP contribution < -0.4 is 0 Å². The lowest BCUT2D eigenvalue weighted by Crippen LogP contribution is -2.31. The zero-order valence-corrected chi connectivity index (χ0v) is 20.0. The largest absolute Gasteiger partial charge is 0.462 e. The van der Waals surface area contributed by atoms with E-state index in [-0.39, 0.29) is 19.4 Å². The van der Waals surface area contributed by atoms with E-state index in [1.165, 1.54) is 44.9 Å². The molecule has 2 unspecified atom stereocenters. The molecule has 0 saturated carbocycles. The highest BCUT2D eigenvalue weighted by atomic mass is 16.6. The van der Waals surface area contributed by atoms with Crippen LogP contribution in [0.4, 0.5) is 0 Å². The van der Waals surface area contributed by atoms with E-state index >= 15 is 0 Å². The molecule has 8 heteroatoms. The van der Waals surface area contributed by atoms with E-state index in [2.05, 4.69) is 6.92 Å². The number of hydrogen-bond acceptors (Lipinski definition) is 6. The van der Waals surface area contributed by atoms with Gasteiger partial charge in [-0.2, -0.15) is 0 Å². The Morgan fingerprint density at radius 2 is 1.27 bits per heavy atom. The molecule has 0 spiro atoms. The Balaban J connectivity index is 2.26. The second-order valence-corrected chi connectivity index (χ2v) is 8.73. The summed E-state index contributed by atoms with van der Waals surface area (Å²) in [6, 6.07) is 6.33. The molecule has 0 aliphatic carbocycles. The summed E-state index contributed by atoms with van der Waals surface area (Å²) >= 11 is 0. The molecule has 0 fully saturated rings. The fourth-order valence-electron chi connectivity index (χ4n) is 3.92. The van der Waals surface area contributed by atoms with Gasteiger partial charge in [0.25, 0.3) is 0 Å². The summed E-state index contributed by atoms with van der Waals surface area (Å²) in [5.41, 5.74) is 0.370. The number of carbonyl (C=O) groups excluding carboxylic acids is 1. The Morgan fingerprint density at radius 1 is 0.788 bits per heavy atom. The summed E-state index contributed by atoms with van der Waals surface area (Å²) in [5.74, 6) is -0.551. The SMILES string of the molecule is CCCCCCCCCCCCCC(CC(CCOC(=O)c1ccccc1)[N+](=O)[O-])[N+](=O)[O-]. The highest BCUT2D eigenvalue weighted by molar-refractivity contribution is 5.89. The zero-order valence-electron chi connectivity index (χ0n) is 20.0. The number of esters is 1. The molecule has 0 N–H and O–H groups in total. The van der Waals surface area contributed by atoms with Crippen molar-refractivity contribution in [3.05, 3.63) is 56.1 Å². The molecule has 0 aliphatic heterocycles. The topological polar surface area (TPSA) is 113 Å². The van der Waals surface area contributed by atoms with E-state index < -0.39 is 27.9 Å². The van der Waals surface area contributed by atoms with Crippen molar-refractivity contribution in [1.29, 1.82) is 0 Å². The maximum Gasteiger partial charge on any atom is 0.338 e. The van der Waals surface area contributed by atoms with E-state index in [1.807, 2.05) is 0 Å². The van der Waals surface area contributed by atoms with Crippen molar-refractivity contribution < 1.29 is 19.4 Å². The van der Waals surface area contributed by atoms with Gasteiger partial charge in [0, 0.05) is 22.7 Å². The fraction of sp³-hybridized carbons (Fsp3) is 0.720. The van der Waals surface area contributed by atoms with Crippen LogP contribution in [0.5, 0.6) is 0 Å². The molecule has 33 heavy (non-hydrogen) atoms. The van der Waals surface area contributed by atoms with Gasteiger partial charge in [-0.25, -0.2) is 4.79 Å². The van der Waals surface area contributed by atoms with Gasteiger partial charge in [0.2, 0.25) is 12.1 Å². The van der Waals surface area contributed by atoms with Crippen molar-refractivity contribution in [3.8, 4) is 0 Å². The third kappa shape index (κ3) is 13.6. The van der Waals surface area contributed by atoms with Crippen LogP contribution in [-0.2, 0) is 4.74 Å². The second kappa shape index (κ2) is 18.0. The first-order valence-electron chi connectivity index (χ1n) is 12.4. The molecule has 186 valence electrons. The average molecular weight is 465 g/mol. The van der Waals surface area contributed by atoms with Gasteiger partial charge in [0.1, 0.15) is 0 Å². The first-order valence-corrected chi connectivity index (χ1v) is 12.4. The van der Waals surface area contributed by atoms with Crippen molar-refractivity contribution in [3.63, 3.8) is 0 Å². The minimum atomic E-state index is -1.10. The van der Waals surface area contributed by atoms with Crippen LogP contribution in [0.15, 0.2) is 30.3 Å². The molecule has 0 heterocycles. The summed E-state index contributed by atoms with van der Waals surface area (Å²) in [7, 11) is 0. The number of carbonyl (C=O) groups is 1. The van der Waals surface area contributed by atoms with Crippen LogP contribution in [0.3, 0.4) is 0 Å². The van der Waals surface area contributed by atoms with Crippen LogP contribution in [0.25, 0.3) is 0 Å². The minimum absolute atomic E-state index is 0.0336. The number of unbranched alkanes of at least 4 members (excludes halogenated alkanes) is 10. The van der Waals surface area contributed by atoms with Gasteiger partial charge >= 0.3 is 5.97 Å². The van der Waals surface area contributed by atoms with Crippen LogP contribution in [0.2, 0.25) is 0 Å². The van der Waals surface area contributed by atoms with E-state index in [9.17, 15) is 25.0 Å². The smallest absolute Gasteiger partial charge is 0.338 e. The maximum atomic E-state index is 12.0. The molecule has 8 nitrogen and oxygen atoms in total. The molecule has 0 bridgehead atoms. The highest BCUT2D eigenvalue weighted by Gasteiger charge is 2.31. The average Bonchev–Trinajstić information content (AvgIpc) is 2.80. The van der Waals surface area contributed by atoms with Crippen molar-refractivity contribution >= 4 is 5.97 Å². The van der Waals surface area contributed by atoms with Gasteiger partial charge in [-0.05, 0) is 18.6 Å². The predicted octanol–water partition coefficient (Wildman–Crippen LogP) is 6.62. The number of hydrogen-bond donors (Lipinski definition) is 0. The summed E-state index contributed by atoms with van der Waals surface area (Å²) in [6.45, 7) is 2.08. The maximum absolute atomic E-state index is 12.0. The Hall–Kier alpha value is -2.51. The van der Waals surface area contributed by atoms with E-state index in [0.717, 1.165) is 19.3 Å². The van der Waals surface area contributed by atoms with Crippen molar-refractivity contribution in [2.24, 2.45) is 0 Å². The number of benzene rings is 1. The third-order valence-corrected chi connectivity index (χ3v) is 5.98. The van der Waals surface area contributed by atoms with Gasteiger partial charge in [0.15, 0.2) is 0 Å². The fourth-order valence-corrected chi connectivity index (χ4v) is 3.92. The number of ether oxygens (including phenoxy) is 1. The van der Waals surface area contributed by atoms with Crippen molar-refractivity contribution in [1.82, 2.24) is 0 Å². The summed E-state index contributed by atoms with van der Waals surface area (Å²) < 4.78 is 5.11. The molecule has 0 amide bonds. The van der Waals surface area contributed by atoms with Crippen LogP contribution in [0, 0.1) is 20.2 Å². The standard InChI is InChI=1S/C25H40N2O6/c1-2-3-4-5-6-7-8-9-10-11-15-18-23(26(29)30)21-24(27(31)32)19-20-33-25(28)22-16-13-12-14-17-22/h12-14,16-17,23-24H,2-11,15,18-21H2,1H3. The molecule has 0 aliphatic rings. The number of nitro groups is 2. The van der Waals surface area contributed by atoms with Crippen LogP contribution in [-0.4, -0.2) is 34.5 Å². The predicted molar refractivity (Wildman–Crippen MR) is 129 cm³/mol. The van der Waals surface area contributed by atoms with Crippen LogP contribution in [0.1, 0.15) is 107 Å². The monoisotopic (exact) mass is 464 g/mol. The van der Waals surface area contributed by atoms with E-state index in [1.54, 1.807) is 30.3 Å². The molecular weight excluding hydrogens is 424 g/mol. The Morgan fingerprint density at radius 3 is 1.79 bits per heavy atom. The Kier molecular flexibility index (Phi) is 15.5. The molecule has 1 aromatic carbocycles. The van der Waals surface area contributed by atoms with Gasteiger partial charge < -0.3 is 4.74 Å². The van der Waals surface area contributed by atoms with Gasteiger partial charge in [0.05, 0.1) is 18.6 Å². The zero-order chi connectivity index (χ0) is 24.3. The molecular formula is C25H40N2O6. The molecule has 2 atom stereocenters. The van der Waals surface area contributed by atoms with Gasteiger partial charge in [-0.3, -0.25) is 20.2 Å². The molecule has 0 radical (unpaired) electrons. The van der Waals surface area contributed by atoms with Gasteiger partial charge in [-0.15, -0.1) is 0 Å². The van der Waals surface area contributed by atoms with Crippen LogP contribution >= 0.6 is 0 Å². The lowest BCUT2D eigenvalue weighted by atomic mass is 9.99. The molecule has 1 aromatic rings. The van der Waals surface area contributed by atoms with E-state index in [0.29, 0.717) is 18.4 Å². The summed E-state index contributed by atoms with van der Waals surface area (Å²) in [5, 5.41) is 22.8. The lowest BCUT2D eigenvalue weighted by Gasteiger charge is -2.14. The number of nitrogens with zero attached hydrogens (tertiary/aromatic N) is 2. The van der Waals surface area contributed by atoms with E-state index in [4.69, 9.17) is 4.74 Å². The first kappa shape index (κ1) is 28.5. The molecule has 0 aromatic heterocycles. The lowest BCUT2D eigenvalue weighted by molar-refractivity contribution is -0.561. The third-order valence-electron chi connectivity index (χ3n) is 5.98. The first-order chi connectivity index (χ1) is 16.0.